The van der Waals surface area contributed by atoms with Crippen LogP contribution in [0.4, 0.5) is 11.4 Å². The van der Waals surface area contributed by atoms with Crippen LogP contribution in [0.1, 0.15) is 17.3 Å². The van der Waals surface area contributed by atoms with E-state index < -0.39 is 0 Å². The van der Waals surface area contributed by atoms with E-state index in [-0.39, 0.29) is 17.2 Å². The van der Waals surface area contributed by atoms with Crippen LogP contribution < -0.4 is 5.73 Å². The van der Waals surface area contributed by atoms with E-state index in [0.717, 1.165) is 0 Å². The van der Waals surface area contributed by atoms with Crippen molar-refractivity contribution in [2.45, 2.75) is 6.92 Å². The van der Waals surface area contributed by atoms with Gasteiger partial charge in [0.15, 0.2) is 5.78 Å². The Labute approximate surface area is 74.8 Å². The quantitative estimate of drug-likeness (QED) is 0.246. The highest BCUT2D eigenvalue weighted by Crippen LogP contribution is 2.25. The fourth-order valence-electron chi connectivity index (χ4n) is 0.995. The summed E-state index contributed by atoms with van der Waals surface area (Å²) in [5.74, 6) is -0.146. The van der Waals surface area contributed by atoms with Crippen molar-refractivity contribution in [1.82, 2.24) is 0 Å². The number of azide groups is 1. The second-order valence-corrected chi connectivity index (χ2v) is 2.48. The lowest BCUT2D eigenvalue weighted by Gasteiger charge is -2.03. The summed E-state index contributed by atoms with van der Waals surface area (Å²) in [5, 5.41) is 3.35. The van der Waals surface area contributed by atoms with Crippen molar-refractivity contribution in [1.29, 1.82) is 0 Å². The molecule has 1 aromatic carbocycles. The predicted molar refractivity (Wildman–Crippen MR) is 49.7 cm³/mol. The van der Waals surface area contributed by atoms with E-state index in [1.54, 1.807) is 18.2 Å². The summed E-state index contributed by atoms with van der Waals surface area (Å²) in [6, 6.07) is 4.77. The van der Waals surface area contributed by atoms with Gasteiger partial charge in [0, 0.05) is 10.5 Å². The summed E-state index contributed by atoms with van der Waals surface area (Å²) >= 11 is 0. The van der Waals surface area contributed by atoms with Crippen LogP contribution in [-0.2, 0) is 0 Å². The minimum atomic E-state index is -0.146. The van der Waals surface area contributed by atoms with E-state index in [4.69, 9.17) is 11.3 Å². The van der Waals surface area contributed by atoms with E-state index in [1.165, 1.54) is 6.92 Å². The number of para-hydroxylation sites is 1. The predicted octanol–water partition coefficient (Wildman–Crippen LogP) is 2.41. The van der Waals surface area contributed by atoms with E-state index in [2.05, 4.69) is 10.0 Å². The maximum Gasteiger partial charge on any atom is 0.161 e. The van der Waals surface area contributed by atoms with E-state index in [0.29, 0.717) is 5.56 Å². The number of carbonyl (C=O) groups is 1. The zero-order chi connectivity index (χ0) is 9.84. The van der Waals surface area contributed by atoms with Crippen LogP contribution in [0.5, 0.6) is 0 Å². The molecular weight excluding hydrogens is 168 g/mol. The highest BCUT2D eigenvalue weighted by Gasteiger charge is 2.06. The van der Waals surface area contributed by atoms with Gasteiger partial charge in [-0.1, -0.05) is 17.2 Å². The third-order valence-corrected chi connectivity index (χ3v) is 1.61. The Morgan fingerprint density at radius 1 is 1.62 bits per heavy atom. The van der Waals surface area contributed by atoms with Crippen molar-refractivity contribution >= 4 is 17.2 Å². The first kappa shape index (κ1) is 9.09. The summed E-state index contributed by atoms with van der Waals surface area (Å²) in [7, 11) is 0. The second-order valence-electron chi connectivity index (χ2n) is 2.48. The lowest BCUT2D eigenvalue weighted by molar-refractivity contribution is 0.101. The molecule has 0 radical (unpaired) electrons. The van der Waals surface area contributed by atoms with Crippen LogP contribution in [0.3, 0.4) is 0 Å². The van der Waals surface area contributed by atoms with Gasteiger partial charge < -0.3 is 5.73 Å². The van der Waals surface area contributed by atoms with Crippen molar-refractivity contribution in [2.75, 3.05) is 5.73 Å². The van der Waals surface area contributed by atoms with Crippen molar-refractivity contribution < 1.29 is 4.79 Å². The summed E-state index contributed by atoms with van der Waals surface area (Å²) in [6.45, 7) is 1.41. The number of rotatable bonds is 2. The van der Waals surface area contributed by atoms with Gasteiger partial charge in [-0.15, -0.1) is 0 Å². The summed E-state index contributed by atoms with van der Waals surface area (Å²) < 4.78 is 0. The maximum absolute atomic E-state index is 11.0. The minimum absolute atomic E-state index is 0.146. The molecule has 13 heavy (non-hydrogen) atoms. The number of hydrogen-bond donors (Lipinski definition) is 1. The monoisotopic (exact) mass is 176 g/mol. The molecule has 0 aliphatic carbocycles. The second kappa shape index (κ2) is 3.60. The van der Waals surface area contributed by atoms with Crippen LogP contribution in [0.25, 0.3) is 10.4 Å². The van der Waals surface area contributed by atoms with Crippen LogP contribution in [-0.4, -0.2) is 5.78 Å². The SMILES string of the molecule is CC(=O)c1cccc(N=[N+]=[N-])c1N. The molecule has 0 heterocycles. The Kier molecular flexibility index (Phi) is 2.52. The van der Waals surface area contributed by atoms with Gasteiger partial charge in [0.05, 0.1) is 11.4 Å². The molecule has 0 spiro atoms. The van der Waals surface area contributed by atoms with E-state index in [1.807, 2.05) is 0 Å². The summed E-state index contributed by atoms with van der Waals surface area (Å²) in [4.78, 5) is 13.6. The fraction of sp³-hybridized carbons (Fsp3) is 0.125. The van der Waals surface area contributed by atoms with Crippen molar-refractivity contribution in [3.63, 3.8) is 0 Å². The molecule has 5 heteroatoms. The van der Waals surface area contributed by atoms with Gasteiger partial charge in [-0.2, -0.15) is 0 Å². The first-order valence-electron chi connectivity index (χ1n) is 3.61. The highest BCUT2D eigenvalue weighted by atomic mass is 16.1. The normalized spacial score (nSPS) is 9.00. The zero-order valence-corrected chi connectivity index (χ0v) is 7.06. The standard InChI is InChI=1S/C8H8N4O/c1-5(13)6-3-2-4-7(8(6)9)11-12-10/h2-4H,9H2,1H3. The van der Waals surface area contributed by atoms with Crippen molar-refractivity contribution in [3.05, 3.63) is 34.2 Å². The lowest BCUT2D eigenvalue weighted by atomic mass is 10.1. The smallest absolute Gasteiger partial charge is 0.161 e. The van der Waals surface area contributed by atoms with Gasteiger partial charge in [0.2, 0.25) is 0 Å². The highest BCUT2D eigenvalue weighted by molar-refractivity contribution is 6.01. The fourth-order valence-corrected chi connectivity index (χ4v) is 0.995. The minimum Gasteiger partial charge on any atom is -0.398 e. The van der Waals surface area contributed by atoms with Gasteiger partial charge in [0.25, 0.3) is 0 Å². The molecule has 0 atom stereocenters. The first-order valence-corrected chi connectivity index (χ1v) is 3.61. The molecule has 0 unspecified atom stereocenters. The Hall–Kier alpha value is -2.00. The summed E-state index contributed by atoms with van der Waals surface area (Å²) in [5.41, 5.74) is 14.7. The molecule has 5 nitrogen and oxygen atoms in total. The Balaban J connectivity index is 3.34. The van der Waals surface area contributed by atoms with Crippen LogP contribution in [0.2, 0.25) is 0 Å². The molecule has 0 aliphatic rings. The number of Topliss-reactive ketones (excluding diaryl/α,β-unsaturated/α-hetero) is 1. The molecule has 0 amide bonds. The lowest BCUT2D eigenvalue weighted by Crippen LogP contribution is -1.98. The number of carbonyl (C=O) groups excluding carboxylic acids is 1. The van der Waals surface area contributed by atoms with Crippen LogP contribution >= 0.6 is 0 Å². The Morgan fingerprint density at radius 2 is 2.31 bits per heavy atom. The average molecular weight is 176 g/mol. The van der Waals surface area contributed by atoms with Gasteiger partial charge in [-0.25, -0.2) is 0 Å². The molecule has 0 aliphatic heterocycles. The molecule has 66 valence electrons. The van der Waals surface area contributed by atoms with Crippen LogP contribution in [0, 0.1) is 0 Å². The Bertz CT molecular complexity index is 373. The first-order chi connectivity index (χ1) is 6.16. The number of anilines is 1. The molecule has 2 N–H and O–H groups in total. The van der Waals surface area contributed by atoms with E-state index in [9.17, 15) is 4.79 Å². The van der Waals surface area contributed by atoms with Crippen LogP contribution in [0.15, 0.2) is 23.3 Å². The number of ketones is 1. The third kappa shape index (κ3) is 1.77. The Morgan fingerprint density at radius 3 is 2.85 bits per heavy atom. The van der Waals surface area contributed by atoms with Gasteiger partial charge in [-0.3, -0.25) is 4.79 Å². The van der Waals surface area contributed by atoms with Gasteiger partial charge >= 0.3 is 0 Å². The molecule has 0 fully saturated rings. The molecule has 0 aromatic heterocycles. The third-order valence-electron chi connectivity index (χ3n) is 1.61. The number of nitrogens with two attached hydrogens (primary N) is 1. The maximum atomic E-state index is 11.0. The summed E-state index contributed by atoms with van der Waals surface area (Å²) in [6.07, 6.45) is 0. The van der Waals surface area contributed by atoms with Gasteiger partial charge in [-0.05, 0) is 18.5 Å². The molecule has 0 saturated heterocycles. The molecule has 1 rings (SSSR count). The number of nitrogens with zero attached hydrogens (tertiary/aromatic N) is 3. The molecule has 0 bridgehead atoms. The van der Waals surface area contributed by atoms with Gasteiger partial charge in [0.1, 0.15) is 0 Å². The van der Waals surface area contributed by atoms with E-state index >= 15 is 0 Å². The van der Waals surface area contributed by atoms with Crippen molar-refractivity contribution in [2.24, 2.45) is 5.11 Å². The topological polar surface area (TPSA) is 91.8 Å². The van der Waals surface area contributed by atoms with Crippen molar-refractivity contribution in [3.8, 4) is 0 Å². The number of hydrogen-bond acceptors (Lipinski definition) is 3. The molecule has 0 saturated carbocycles. The number of benzene rings is 1. The average Bonchev–Trinajstić information content (AvgIpc) is 2.08. The largest absolute Gasteiger partial charge is 0.398 e. The molecular formula is C8H8N4O. The zero-order valence-electron chi connectivity index (χ0n) is 7.06. The number of nitrogen functional groups attached to an aromatic ring is 1. The molecule has 1 aromatic rings.